The fraction of sp³-hybridized carbons (Fsp3) is 0.167. The number of hydrogen-bond acceptors (Lipinski definition) is 6. The molecule has 0 bridgehead atoms. The van der Waals surface area contributed by atoms with Gasteiger partial charge in [-0.25, -0.2) is 9.37 Å². The molecule has 0 atom stereocenters. The summed E-state index contributed by atoms with van der Waals surface area (Å²) in [4.78, 5) is 12.9. The summed E-state index contributed by atoms with van der Waals surface area (Å²) in [5.74, 6) is 0.677. The summed E-state index contributed by atoms with van der Waals surface area (Å²) in [6, 6.07) is 10.0. The van der Waals surface area contributed by atoms with E-state index in [2.05, 4.69) is 25.6 Å². The molecule has 25 heavy (non-hydrogen) atoms. The molecule has 2 aromatic heterocycles. The first-order valence-corrected chi connectivity index (χ1v) is 7.83. The van der Waals surface area contributed by atoms with E-state index in [1.165, 1.54) is 12.1 Å². The molecule has 3 rings (SSSR count). The Morgan fingerprint density at radius 2 is 1.88 bits per heavy atom. The van der Waals surface area contributed by atoms with Crippen LogP contribution in [0.5, 0.6) is 0 Å². The van der Waals surface area contributed by atoms with Crippen molar-refractivity contribution in [3.63, 3.8) is 0 Å². The zero-order valence-corrected chi connectivity index (χ0v) is 13.7. The van der Waals surface area contributed by atoms with Crippen molar-refractivity contribution in [3.05, 3.63) is 60.2 Å². The molecule has 0 spiro atoms. The van der Waals surface area contributed by atoms with E-state index in [-0.39, 0.29) is 12.4 Å². The SMILES string of the molecule is Cc1cc(F)ccc1Nc1cc(-c2ccncc2)nc(NCCO)n1. The quantitative estimate of drug-likeness (QED) is 0.640. The number of aliphatic hydroxyl groups excluding tert-OH is 1. The van der Waals surface area contributed by atoms with Gasteiger partial charge in [-0.2, -0.15) is 4.98 Å². The highest BCUT2D eigenvalue weighted by molar-refractivity contribution is 5.68. The Bertz CT molecular complexity index is 857. The van der Waals surface area contributed by atoms with Gasteiger partial charge >= 0.3 is 0 Å². The largest absolute Gasteiger partial charge is 0.395 e. The van der Waals surface area contributed by atoms with Crippen molar-refractivity contribution in [2.45, 2.75) is 6.92 Å². The van der Waals surface area contributed by atoms with Crippen LogP contribution in [0.15, 0.2) is 48.8 Å². The van der Waals surface area contributed by atoms with Crippen LogP contribution in [-0.2, 0) is 0 Å². The van der Waals surface area contributed by atoms with Gasteiger partial charge in [0.1, 0.15) is 11.6 Å². The van der Waals surface area contributed by atoms with Gasteiger partial charge in [-0.05, 0) is 42.8 Å². The van der Waals surface area contributed by atoms with Crippen molar-refractivity contribution in [2.75, 3.05) is 23.8 Å². The second kappa shape index (κ2) is 7.67. The number of aliphatic hydroxyl groups is 1. The zero-order valence-electron chi connectivity index (χ0n) is 13.7. The highest BCUT2D eigenvalue weighted by Gasteiger charge is 2.08. The summed E-state index contributed by atoms with van der Waals surface area (Å²) in [7, 11) is 0. The standard InChI is InChI=1S/C18H18FN5O/c1-12-10-14(19)2-3-15(12)22-17-11-16(13-4-6-20-7-5-13)23-18(24-17)21-8-9-25/h2-7,10-11,25H,8-9H2,1H3,(H2,21,22,23,24). The third-order valence-corrected chi connectivity index (χ3v) is 3.55. The highest BCUT2D eigenvalue weighted by atomic mass is 19.1. The van der Waals surface area contributed by atoms with Crippen LogP contribution in [0.2, 0.25) is 0 Å². The Morgan fingerprint density at radius 3 is 2.60 bits per heavy atom. The van der Waals surface area contributed by atoms with Gasteiger partial charge in [-0.1, -0.05) is 0 Å². The summed E-state index contributed by atoms with van der Waals surface area (Å²) in [6.07, 6.45) is 3.38. The normalized spacial score (nSPS) is 10.5. The van der Waals surface area contributed by atoms with Crippen LogP contribution in [-0.4, -0.2) is 33.2 Å². The summed E-state index contributed by atoms with van der Waals surface area (Å²) < 4.78 is 13.3. The molecule has 0 unspecified atom stereocenters. The molecule has 0 radical (unpaired) electrons. The maximum atomic E-state index is 13.3. The number of halogens is 1. The number of anilines is 3. The number of pyridine rings is 1. The second-order valence-electron chi connectivity index (χ2n) is 5.43. The summed E-state index contributed by atoms with van der Waals surface area (Å²) >= 11 is 0. The van der Waals surface area contributed by atoms with Gasteiger partial charge in [0.05, 0.1) is 12.3 Å². The minimum absolute atomic E-state index is 0.0251. The third-order valence-electron chi connectivity index (χ3n) is 3.55. The Kier molecular flexibility index (Phi) is 5.15. The van der Waals surface area contributed by atoms with Gasteiger partial charge in [0.2, 0.25) is 5.95 Å². The van der Waals surface area contributed by atoms with Gasteiger partial charge in [0, 0.05) is 36.3 Å². The lowest BCUT2D eigenvalue weighted by atomic mass is 10.1. The van der Waals surface area contributed by atoms with Crippen molar-refractivity contribution in [2.24, 2.45) is 0 Å². The van der Waals surface area contributed by atoms with Crippen molar-refractivity contribution < 1.29 is 9.50 Å². The number of rotatable bonds is 6. The van der Waals surface area contributed by atoms with Gasteiger partial charge in [-0.15, -0.1) is 0 Å². The van der Waals surface area contributed by atoms with Crippen molar-refractivity contribution in [1.82, 2.24) is 15.0 Å². The summed E-state index contributed by atoms with van der Waals surface area (Å²) in [5.41, 5.74) is 3.13. The van der Waals surface area contributed by atoms with E-state index in [0.717, 1.165) is 16.8 Å². The summed E-state index contributed by atoms with van der Waals surface area (Å²) in [5, 5.41) is 15.2. The fourth-order valence-corrected chi connectivity index (χ4v) is 2.33. The van der Waals surface area contributed by atoms with E-state index in [1.54, 1.807) is 18.5 Å². The van der Waals surface area contributed by atoms with Crippen LogP contribution in [0, 0.1) is 12.7 Å². The van der Waals surface area contributed by atoms with Crippen LogP contribution in [0.25, 0.3) is 11.3 Å². The molecule has 0 amide bonds. The number of hydrogen-bond donors (Lipinski definition) is 3. The lowest BCUT2D eigenvalue weighted by Crippen LogP contribution is -2.10. The lowest BCUT2D eigenvalue weighted by molar-refractivity contribution is 0.311. The predicted octanol–water partition coefficient (Wildman–Crippen LogP) is 3.13. The second-order valence-corrected chi connectivity index (χ2v) is 5.43. The van der Waals surface area contributed by atoms with Crippen LogP contribution < -0.4 is 10.6 Å². The molecule has 0 aliphatic rings. The molecule has 0 aliphatic heterocycles. The van der Waals surface area contributed by atoms with Crippen LogP contribution in [0.3, 0.4) is 0 Å². The molecule has 3 N–H and O–H groups in total. The highest BCUT2D eigenvalue weighted by Crippen LogP contribution is 2.25. The molecule has 7 heteroatoms. The Balaban J connectivity index is 1.96. The molecule has 0 fully saturated rings. The predicted molar refractivity (Wildman–Crippen MR) is 95.3 cm³/mol. The van der Waals surface area contributed by atoms with E-state index < -0.39 is 0 Å². The first kappa shape index (κ1) is 16.8. The topological polar surface area (TPSA) is 83.0 Å². The molecule has 0 saturated carbocycles. The average molecular weight is 339 g/mol. The van der Waals surface area contributed by atoms with Crippen LogP contribution >= 0.6 is 0 Å². The zero-order chi connectivity index (χ0) is 17.6. The maximum Gasteiger partial charge on any atom is 0.225 e. The number of benzene rings is 1. The van der Waals surface area contributed by atoms with E-state index >= 15 is 0 Å². The number of nitrogens with one attached hydrogen (secondary N) is 2. The van der Waals surface area contributed by atoms with E-state index in [9.17, 15) is 4.39 Å². The van der Waals surface area contributed by atoms with Gasteiger partial charge < -0.3 is 15.7 Å². The van der Waals surface area contributed by atoms with E-state index in [4.69, 9.17) is 5.11 Å². The monoisotopic (exact) mass is 339 g/mol. The number of aryl methyl sites for hydroxylation is 1. The molecule has 128 valence electrons. The van der Waals surface area contributed by atoms with Gasteiger partial charge in [0.25, 0.3) is 0 Å². The molecular formula is C18H18FN5O. The molecule has 1 aromatic carbocycles. The molecule has 0 aliphatic carbocycles. The first-order valence-electron chi connectivity index (χ1n) is 7.83. The third kappa shape index (κ3) is 4.27. The molecule has 0 saturated heterocycles. The van der Waals surface area contributed by atoms with Gasteiger partial charge in [0.15, 0.2) is 0 Å². The maximum absolute atomic E-state index is 13.3. The minimum Gasteiger partial charge on any atom is -0.395 e. The van der Waals surface area contributed by atoms with E-state index in [1.807, 2.05) is 25.1 Å². The van der Waals surface area contributed by atoms with Crippen molar-refractivity contribution >= 4 is 17.5 Å². The summed E-state index contributed by atoms with van der Waals surface area (Å²) in [6.45, 7) is 2.14. The fourth-order valence-electron chi connectivity index (χ4n) is 2.33. The molecule has 6 nitrogen and oxygen atoms in total. The average Bonchev–Trinajstić information content (AvgIpc) is 2.63. The van der Waals surface area contributed by atoms with Gasteiger partial charge in [-0.3, -0.25) is 4.98 Å². The van der Waals surface area contributed by atoms with Crippen molar-refractivity contribution in [1.29, 1.82) is 0 Å². The first-order chi connectivity index (χ1) is 12.2. The number of aromatic nitrogens is 3. The van der Waals surface area contributed by atoms with Crippen LogP contribution in [0.4, 0.5) is 21.8 Å². The Hall–Kier alpha value is -3.06. The smallest absolute Gasteiger partial charge is 0.225 e. The number of nitrogens with zero attached hydrogens (tertiary/aromatic N) is 3. The minimum atomic E-state index is -0.284. The molecular weight excluding hydrogens is 321 g/mol. The molecule has 3 aromatic rings. The van der Waals surface area contributed by atoms with Crippen molar-refractivity contribution in [3.8, 4) is 11.3 Å². The Labute approximate surface area is 144 Å². The molecule has 2 heterocycles. The van der Waals surface area contributed by atoms with Crippen LogP contribution in [0.1, 0.15) is 5.56 Å². The van der Waals surface area contributed by atoms with E-state index in [0.29, 0.717) is 24.0 Å². The Morgan fingerprint density at radius 1 is 1.08 bits per heavy atom. The lowest BCUT2D eigenvalue weighted by Gasteiger charge is -2.12.